The number of carbonyl (C=O) groups excluding carboxylic acids is 1. The molecule has 8 nitrogen and oxygen atoms in total. The molecule has 4 aromatic rings. The molecule has 190 valence electrons. The Labute approximate surface area is 215 Å². The third-order valence-electron chi connectivity index (χ3n) is 6.30. The van der Waals surface area contributed by atoms with E-state index in [1.165, 1.54) is 6.08 Å². The first kappa shape index (κ1) is 24.7. The number of fused-ring (bicyclic) bond motifs is 1. The molecule has 0 aliphatic carbocycles. The van der Waals surface area contributed by atoms with Gasteiger partial charge in [0, 0.05) is 17.7 Å². The Morgan fingerprint density at radius 3 is 2.59 bits per heavy atom. The van der Waals surface area contributed by atoms with Crippen LogP contribution in [-0.4, -0.2) is 33.5 Å². The van der Waals surface area contributed by atoms with E-state index in [1.54, 1.807) is 12.1 Å². The zero-order chi connectivity index (χ0) is 25.6. The average Bonchev–Trinajstić information content (AvgIpc) is 3.35. The molecule has 8 heteroatoms. The zero-order valence-electron chi connectivity index (χ0n) is 20.3. The average molecular weight is 500 g/mol. The van der Waals surface area contributed by atoms with Crippen molar-refractivity contribution in [3.63, 3.8) is 0 Å². The van der Waals surface area contributed by atoms with Gasteiger partial charge in [-0.1, -0.05) is 61.2 Å². The first-order chi connectivity index (χ1) is 18.1. The summed E-state index contributed by atoms with van der Waals surface area (Å²) in [6, 6.07) is 23.1. The summed E-state index contributed by atoms with van der Waals surface area (Å²) in [7, 11) is 0. The molecule has 1 aliphatic heterocycles. The minimum Gasteiger partial charge on any atom is -0.445 e. The van der Waals surface area contributed by atoms with Crippen molar-refractivity contribution in [2.45, 2.75) is 38.1 Å². The fourth-order valence-corrected chi connectivity index (χ4v) is 4.42. The van der Waals surface area contributed by atoms with E-state index in [9.17, 15) is 9.90 Å². The van der Waals surface area contributed by atoms with Crippen molar-refractivity contribution in [3.05, 3.63) is 108 Å². The quantitative estimate of drug-likeness (QED) is 0.311. The first-order valence-electron chi connectivity index (χ1n) is 12.2. The molecule has 1 amide bonds. The SMILES string of the molecule is C=CCOC(=O)Nc1ccc([C@@H]2O[C@H](Cn3cnc4ccccc43)C[C@H](c3ccc(CO)cc3)O2)cc1. The van der Waals surface area contributed by atoms with E-state index >= 15 is 0 Å². The Kier molecular flexibility index (Phi) is 7.60. The molecule has 3 atom stereocenters. The molecule has 1 fully saturated rings. The van der Waals surface area contributed by atoms with Gasteiger partial charge in [-0.25, -0.2) is 9.78 Å². The summed E-state index contributed by atoms with van der Waals surface area (Å²) in [6.07, 6.45) is 2.54. The standard InChI is InChI=1S/C29H29N3O5/c1-2-15-35-29(34)31-23-13-11-22(12-14-23)28-36-24(17-32-19-30-25-5-3-4-6-26(25)32)16-27(37-28)21-9-7-20(18-33)8-10-21/h2-14,19,24,27-28,33H,1,15-18H2,(H,31,34)/t24-,27+,28+/m0/s1. The summed E-state index contributed by atoms with van der Waals surface area (Å²) >= 11 is 0. The normalized spacial score (nSPS) is 19.4. The minimum atomic E-state index is -0.599. The number of hydrogen-bond donors (Lipinski definition) is 2. The van der Waals surface area contributed by atoms with Crippen LogP contribution in [0.1, 0.15) is 35.5 Å². The number of aromatic nitrogens is 2. The molecule has 0 saturated carbocycles. The number of rotatable bonds is 8. The van der Waals surface area contributed by atoms with Crippen LogP contribution in [-0.2, 0) is 27.4 Å². The molecule has 0 radical (unpaired) electrons. The second-order valence-corrected chi connectivity index (χ2v) is 8.87. The van der Waals surface area contributed by atoms with Crippen molar-refractivity contribution in [3.8, 4) is 0 Å². The Bertz CT molecular complexity index is 1350. The number of nitrogens with one attached hydrogen (secondary N) is 1. The lowest BCUT2D eigenvalue weighted by Gasteiger charge is -2.36. The van der Waals surface area contributed by atoms with Crippen LogP contribution in [0.5, 0.6) is 0 Å². The molecule has 2 N–H and O–H groups in total. The van der Waals surface area contributed by atoms with E-state index in [4.69, 9.17) is 14.2 Å². The van der Waals surface area contributed by atoms with E-state index < -0.39 is 12.4 Å². The number of anilines is 1. The van der Waals surface area contributed by atoms with Crippen molar-refractivity contribution in [1.82, 2.24) is 9.55 Å². The molecule has 37 heavy (non-hydrogen) atoms. The highest BCUT2D eigenvalue weighted by atomic mass is 16.7. The van der Waals surface area contributed by atoms with Gasteiger partial charge in [-0.05, 0) is 35.4 Å². The lowest BCUT2D eigenvalue weighted by molar-refractivity contribution is -0.252. The lowest BCUT2D eigenvalue weighted by atomic mass is 10.00. The maximum Gasteiger partial charge on any atom is 0.411 e. The van der Waals surface area contributed by atoms with E-state index in [1.807, 2.05) is 60.9 Å². The molecule has 1 saturated heterocycles. The minimum absolute atomic E-state index is 0.00458. The maximum atomic E-state index is 11.8. The zero-order valence-corrected chi connectivity index (χ0v) is 20.3. The van der Waals surface area contributed by atoms with Crippen LogP contribution in [0, 0.1) is 0 Å². The monoisotopic (exact) mass is 499 g/mol. The fraction of sp³-hybridized carbons (Fsp3) is 0.241. The van der Waals surface area contributed by atoms with Gasteiger partial charge in [0.15, 0.2) is 6.29 Å². The molecule has 0 unspecified atom stereocenters. The Balaban J connectivity index is 1.36. The molecule has 5 rings (SSSR count). The lowest BCUT2D eigenvalue weighted by Crippen LogP contribution is -2.32. The fourth-order valence-electron chi connectivity index (χ4n) is 4.42. The van der Waals surface area contributed by atoms with Gasteiger partial charge in [0.1, 0.15) is 6.61 Å². The summed E-state index contributed by atoms with van der Waals surface area (Å²) in [5.41, 5.74) is 5.31. The van der Waals surface area contributed by atoms with Crippen molar-refractivity contribution in [1.29, 1.82) is 0 Å². The molecular formula is C29H29N3O5. The summed E-state index contributed by atoms with van der Waals surface area (Å²) in [4.78, 5) is 16.3. The van der Waals surface area contributed by atoms with Crippen LogP contribution in [0.3, 0.4) is 0 Å². The van der Waals surface area contributed by atoms with Gasteiger partial charge in [0.2, 0.25) is 0 Å². The first-order valence-corrected chi connectivity index (χ1v) is 12.2. The van der Waals surface area contributed by atoms with E-state index in [-0.39, 0.29) is 25.4 Å². The van der Waals surface area contributed by atoms with Crippen molar-refractivity contribution in [2.24, 2.45) is 0 Å². The molecule has 1 aromatic heterocycles. The van der Waals surface area contributed by atoms with Crippen LogP contribution in [0.4, 0.5) is 10.5 Å². The number of carbonyl (C=O) groups is 1. The number of aliphatic hydroxyl groups is 1. The Hall–Kier alpha value is -3.98. The predicted octanol–water partition coefficient (Wildman–Crippen LogP) is 5.51. The maximum absolute atomic E-state index is 11.8. The van der Waals surface area contributed by atoms with Crippen LogP contribution in [0.2, 0.25) is 0 Å². The number of imidazole rings is 1. The molecule has 0 bridgehead atoms. The number of ether oxygens (including phenoxy) is 3. The Morgan fingerprint density at radius 2 is 1.84 bits per heavy atom. The van der Waals surface area contributed by atoms with Crippen LogP contribution >= 0.6 is 0 Å². The van der Waals surface area contributed by atoms with Crippen molar-refractivity contribution in [2.75, 3.05) is 11.9 Å². The number of nitrogens with zero attached hydrogens (tertiary/aromatic N) is 2. The smallest absolute Gasteiger partial charge is 0.411 e. The summed E-state index contributed by atoms with van der Waals surface area (Å²) in [6.45, 7) is 4.30. The van der Waals surface area contributed by atoms with Crippen molar-refractivity contribution >= 4 is 22.8 Å². The van der Waals surface area contributed by atoms with Crippen LogP contribution in [0.15, 0.2) is 91.8 Å². The van der Waals surface area contributed by atoms with E-state index in [0.717, 1.165) is 27.7 Å². The largest absolute Gasteiger partial charge is 0.445 e. The third-order valence-corrected chi connectivity index (χ3v) is 6.30. The number of aliphatic hydroxyl groups excluding tert-OH is 1. The molecular weight excluding hydrogens is 470 g/mol. The van der Waals surface area contributed by atoms with Crippen LogP contribution < -0.4 is 5.32 Å². The topological polar surface area (TPSA) is 94.8 Å². The third kappa shape index (κ3) is 5.89. The van der Waals surface area contributed by atoms with Gasteiger partial charge < -0.3 is 23.9 Å². The van der Waals surface area contributed by atoms with Gasteiger partial charge in [0.05, 0.1) is 42.7 Å². The number of benzene rings is 3. The highest BCUT2D eigenvalue weighted by Crippen LogP contribution is 2.38. The summed E-state index contributed by atoms with van der Waals surface area (Å²) in [5, 5.41) is 12.1. The molecule has 1 aliphatic rings. The number of hydrogen-bond acceptors (Lipinski definition) is 6. The van der Waals surface area contributed by atoms with Gasteiger partial charge >= 0.3 is 6.09 Å². The highest BCUT2D eigenvalue weighted by molar-refractivity contribution is 5.84. The predicted molar refractivity (Wildman–Crippen MR) is 140 cm³/mol. The van der Waals surface area contributed by atoms with Crippen molar-refractivity contribution < 1.29 is 24.1 Å². The second kappa shape index (κ2) is 11.4. The van der Waals surface area contributed by atoms with Gasteiger partial charge in [-0.15, -0.1) is 0 Å². The van der Waals surface area contributed by atoms with Gasteiger partial charge in [0.25, 0.3) is 0 Å². The molecule has 2 heterocycles. The van der Waals surface area contributed by atoms with Gasteiger partial charge in [-0.3, -0.25) is 5.32 Å². The van der Waals surface area contributed by atoms with Crippen LogP contribution in [0.25, 0.3) is 11.0 Å². The Morgan fingerprint density at radius 1 is 1.08 bits per heavy atom. The van der Waals surface area contributed by atoms with Gasteiger partial charge in [-0.2, -0.15) is 0 Å². The summed E-state index contributed by atoms with van der Waals surface area (Å²) < 4.78 is 19.9. The second-order valence-electron chi connectivity index (χ2n) is 8.87. The van der Waals surface area contributed by atoms with E-state index in [2.05, 4.69) is 27.5 Å². The van der Waals surface area contributed by atoms with E-state index in [0.29, 0.717) is 18.7 Å². The summed E-state index contributed by atoms with van der Waals surface area (Å²) in [5.74, 6) is 0. The highest BCUT2D eigenvalue weighted by Gasteiger charge is 2.32. The number of amides is 1. The number of para-hydroxylation sites is 2. The molecule has 0 spiro atoms. The molecule has 3 aromatic carbocycles.